The van der Waals surface area contributed by atoms with Gasteiger partial charge in [-0.25, -0.2) is 0 Å². The van der Waals surface area contributed by atoms with Gasteiger partial charge in [-0.1, -0.05) is 6.07 Å². The highest BCUT2D eigenvalue weighted by Crippen LogP contribution is 2.18. The molecule has 1 amide bonds. The number of nitrogens with zero attached hydrogens (tertiary/aromatic N) is 4. The summed E-state index contributed by atoms with van der Waals surface area (Å²) in [5.74, 6) is 2.13. The normalized spacial score (nSPS) is 10.4. The summed E-state index contributed by atoms with van der Waals surface area (Å²) < 4.78 is 12.3. The minimum Gasteiger partial charge on any atom is -0.497 e. The molecule has 0 spiro atoms. The lowest BCUT2D eigenvalue weighted by Crippen LogP contribution is -2.13. The number of hydrogen-bond donors (Lipinski definition) is 1. The van der Waals surface area contributed by atoms with Crippen molar-refractivity contribution >= 4 is 11.6 Å². The Labute approximate surface area is 157 Å². The van der Waals surface area contributed by atoms with Crippen molar-refractivity contribution in [2.45, 2.75) is 19.8 Å². The summed E-state index contributed by atoms with van der Waals surface area (Å²) in [7, 11) is 1.62. The van der Waals surface area contributed by atoms with E-state index in [2.05, 4.69) is 20.8 Å². The molecule has 8 nitrogen and oxygen atoms in total. The van der Waals surface area contributed by atoms with Gasteiger partial charge < -0.3 is 14.8 Å². The Kier molecular flexibility index (Phi) is 5.98. The molecule has 0 aliphatic rings. The van der Waals surface area contributed by atoms with Gasteiger partial charge in [-0.2, -0.15) is 4.68 Å². The number of benzene rings is 2. The largest absolute Gasteiger partial charge is 0.497 e. The van der Waals surface area contributed by atoms with Crippen LogP contribution in [-0.4, -0.2) is 39.8 Å². The van der Waals surface area contributed by atoms with Crippen molar-refractivity contribution in [1.29, 1.82) is 0 Å². The molecule has 1 N–H and O–H groups in total. The number of ether oxygens (including phenoxy) is 2. The Balaban J connectivity index is 1.46. The summed E-state index contributed by atoms with van der Waals surface area (Å²) in [6.07, 6.45) is 0.980. The number of amides is 1. The highest BCUT2D eigenvalue weighted by molar-refractivity contribution is 5.90. The van der Waals surface area contributed by atoms with E-state index in [9.17, 15) is 4.79 Å². The van der Waals surface area contributed by atoms with Gasteiger partial charge >= 0.3 is 0 Å². The monoisotopic (exact) mass is 367 g/mol. The number of nitrogens with one attached hydrogen (secondary N) is 1. The molecule has 0 aliphatic carbocycles. The number of tetrazole rings is 1. The number of hydrogen-bond acceptors (Lipinski definition) is 6. The van der Waals surface area contributed by atoms with Crippen LogP contribution in [0.3, 0.4) is 0 Å². The molecule has 0 saturated carbocycles. The molecule has 1 heterocycles. The van der Waals surface area contributed by atoms with Gasteiger partial charge in [0.15, 0.2) is 5.82 Å². The van der Waals surface area contributed by atoms with Crippen molar-refractivity contribution in [2.75, 3.05) is 19.0 Å². The summed E-state index contributed by atoms with van der Waals surface area (Å²) in [6, 6.07) is 14.7. The summed E-state index contributed by atoms with van der Waals surface area (Å²) in [6.45, 7) is 2.28. The highest BCUT2D eigenvalue weighted by atomic mass is 16.5. The molecule has 2 aromatic carbocycles. The number of carbonyl (C=O) groups is 1. The van der Waals surface area contributed by atoms with Crippen LogP contribution in [0.25, 0.3) is 5.69 Å². The van der Waals surface area contributed by atoms with Crippen LogP contribution >= 0.6 is 0 Å². The van der Waals surface area contributed by atoms with Crippen LogP contribution in [0.15, 0.2) is 48.5 Å². The molecule has 0 atom stereocenters. The third kappa shape index (κ3) is 5.04. The van der Waals surface area contributed by atoms with Crippen LogP contribution in [0.4, 0.5) is 5.69 Å². The van der Waals surface area contributed by atoms with Crippen molar-refractivity contribution < 1.29 is 14.3 Å². The first kappa shape index (κ1) is 18.4. The minimum atomic E-state index is -0.0704. The number of carbonyl (C=O) groups excluding carboxylic acids is 1. The number of methoxy groups -OCH3 is 1. The maximum Gasteiger partial charge on any atom is 0.224 e. The summed E-state index contributed by atoms with van der Waals surface area (Å²) >= 11 is 0. The molecular weight excluding hydrogens is 346 g/mol. The molecule has 0 aliphatic heterocycles. The number of anilines is 1. The molecule has 0 fully saturated rings. The molecular formula is C19H21N5O3. The first-order valence-electron chi connectivity index (χ1n) is 8.58. The molecule has 27 heavy (non-hydrogen) atoms. The summed E-state index contributed by atoms with van der Waals surface area (Å²) in [5, 5.41) is 14.3. The Morgan fingerprint density at radius 1 is 1.15 bits per heavy atom. The maximum atomic E-state index is 12.1. The minimum absolute atomic E-state index is 0.0704. The van der Waals surface area contributed by atoms with Gasteiger partial charge in [0.05, 0.1) is 19.4 Å². The number of aromatic nitrogens is 4. The van der Waals surface area contributed by atoms with Gasteiger partial charge in [-0.3, -0.25) is 4.79 Å². The van der Waals surface area contributed by atoms with E-state index in [0.717, 1.165) is 17.2 Å². The Morgan fingerprint density at radius 3 is 2.63 bits per heavy atom. The molecule has 3 aromatic rings. The molecule has 140 valence electrons. The zero-order valence-corrected chi connectivity index (χ0v) is 15.3. The Morgan fingerprint density at radius 2 is 1.93 bits per heavy atom. The maximum absolute atomic E-state index is 12.1. The van der Waals surface area contributed by atoms with E-state index in [4.69, 9.17) is 9.47 Å². The second kappa shape index (κ2) is 8.79. The fourth-order valence-corrected chi connectivity index (χ4v) is 2.50. The Bertz CT molecular complexity index is 892. The van der Waals surface area contributed by atoms with Gasteiger partial charge in [-0.05, 0) is 66.2 Å². The van der Waals surface area contributed by atoms with E-state index in [1.807, 2.05) is 55.5 Å². The highest BCUT2D eigenvalue weighted by Gasteiger charge is 2.07. The fraction of sp³-hybridized carbons (Fsp3) is 0.263. The average molecular weight is 367 g/mol. The van der Waals surface area contributed by atoms with Gasteiger partial charge in [0.2, 0.25) is 5.91 Å². The van der Waals surface area contributed by atoms with Gasteiger partial charge in [0, 0.05) is 12.1 Å². The lowest BCUT2D eigenvalue weighted by atomic mass is 10.2. The Hall–Kier alpha value is -3.42. The van der Waals surface area contributed by atoms with E-state index in [1.165, 1.54) is 0 Å². The molecule has 0 saturated heterocycles. The number of rotatable bonds is 8. The van der Waals surface area contributed by atoms with Crippen LogP contribution < -0.4 is 14.8 Å². The smallest absolute Gasteiger partial charge is 0.224 e. The third-order valence-electron chi connectivity index (χ3n) is 3.88. The van der Waals surface area contributed by atoms with Crippen LogP contribution in [0.2, 0.25) is 0 Å². The first-order chi connectivity index (χ1) is 13.2. The predicted octanol–water partition coefficient (Wildman–Crippen LogP) is 2.78. The van der Waals surface area contributed by atoms with Gasteiger partial charge in [-0.15, -0.1) is 5.10 Å². The van der Waals surface area contributed by atoms with E-state index < -0.39 is 0 Å². The van der Waals surface area contributed by atoms with Crippen molar-refractivity contribution in [1.82, 2.24) is 20.2 Å². The van der Waals surface area contributed by atoms with Gasteiger partial charge in [0.1, 0.15) is 11.5 Å². The first-order valence-corrected chi connectivity index (χ1v) is 8.58. The fourth-order valence-electron chi connectivity index (χ4n) is 2.50. The quantitative estimate of drug-likeness (QED) is 0.616. The predicted molar refractivity (Wildman–Crippen MR) is 100 cm³/mol. The molecule has 0 radical (unpaired) electrons. The summed E-state index contributed by atoms with van der Waals surface area (Å²) in [5.41, 5.74) is 1.49. The molecule has 8 heteroatoms. The molecule has 3 rings (SSSR count). The third-order valence-corrected chi connectivity index (χ3v) is 3.88. The van der Waals surface area contributed by atoms with Crippen LogP contribution in [0.5, 0.6) is 11.5 Å². The van der Waals surface area contributed by atoms with E-state index >= 15 is 0 Å². The van der Waals surface area contributed by atoms with E-state index in [-0.39, 0.29) is 5.91 Å². The second-order valence-corrected chi connectivity index (χ2v) is 5.86. The van der Waals surface area contributed by atoms with Crippen molar-refractivity contribution in [3.63, 3.8) is 0 Å². The average Bonchev–Trinajstić information content (AvgIpc) is 3.12. The van der Waals surface area contributed by atoms with Crippen LogP contribution in [0.1, 0.15) is 18.7 Å². The molecule has 0 bridgehead atoms. The lowest BCUT2D eigenvalue weighted by Gasteiger charge is -2.09. The van der Waals surface area contributed by atoms with E-state index in [0.29, 0.717) is 31.0 Å². The second-order valence-electron chi connectivity index (χ2n) is 5.86. The van der Waals surface area contributed by atoms with Gasteiger partial charge in [0.25, 0.3) is 0 Å². The zero-order chi connectivity index (χ0) is 19.1. The zero-order valence-electron chi connectivity index (χ0n) is 15.3. The molecule has 1 aromatic heterocycles. The lowest BCUT2D eigenvalue weighted by molar-refractivity contribution is -0.116. The standard InChI is InChI=1S/C19H21N5O3/c1-14-21-22-23-24(14)16-6-3-5-15(13-16)20-19(25)7-4-12-27-18-10-8-17(26-2)9-11-18/h3,5-6,8-11,13H,4,7,12H2,1-2H3,(H,20,25). The summed E-state index contributed by atoms with van der Waals surface area (Å²) in [4.78, 5) is 12.1. The van der Waals surface area contributed by atoms with E-state index in [1.54, 1.807) is 11.8 Å². The van der Waals surface area contributed by atoms with Crippen LogP contribution in [-0.2, 0) is 4.79 Å². The van der Waals surface area contributed by atoms with Crippen LogP contribution in [0, 0.1) is 6.92 Å². The van der Waals surface area contributed by atoms with Crippen molar-refractivity contribution in [3.8, 4) is 17.2 Å². The molecule has 0 unspecified atom stereocenters. The van der Waals surface area contributed by atoms with Crippen molar-refractivity contribution in [3.05, 3.63) is 54.4 Å². The SMILES string of the molecule is COc1ccc(OCCCC(=O)Nc2cccc(-n3nnnc3C)c2)cc1. The van der Waals surface area contributed by atoms with Crippen molar-refractivity contribution in [2.24, 2.45) is 0 Å². The topological polar surface area (TPSA) is 91.2 Å². The number of aryl methyl sites for hydroxylation is 1.